The Morgan fingerprint density at radius 3 is 2.53 bits per heavy atom. The Bertz CT molecular complexity index is 1010. The van der Waals surface area contributed by atoms with E-state index in [1.54, 1.807) is 35.0 Å². The zero-order valence-corrected chi connectivity index (χ0v) is 16.7. The van der Waals surface area contributed by atoms with Gasteiger partial charge in [0.25, 0.3) is 0 Å². The lowest BCUT2D eigenvalue weighted by Gasteiger charge is -2.31. The van der Waals surface area contributed by atoms with Gasteiger partial charge >= 0.3 is 6.03 Å². The van der Waals surface area contributed by atoms with Crippen molar-refractivity contribution in [3.63, 3.8) is 0 Å². The first kappa shape index (κ1) is 19.9. The molecule has 30 heavy (non-hydrogen) atoms. The van der Waals surface area contributed by atoms with E-state index in [-0.39, 0.29) is 29.8 Å². The Hall–Kier alpha value is -3.42. The molecule has 2 aromatic rings. The van der Waals surface area contributed by atoms with Crippen LogP contribution in [-0.2, 0) is 22.6 Å². The van der Waals surface area contributed by atoms with Crippen molar-refractivity contribution in [1.82, 2.24) is 9.80 Å². The van der Waals surface area contributed by atoms with Crippen molar-refractivity contribution in [1.29, 1.82) is 0 Å². The van der Waals surface area contributed by atoms with Crippen molar-refractivity contribution in [2.45, 2.75) is 19.4 Å². The van der Waals surface area contributed by atoms with Crippen molar-refractivity contribution in [3.8, 4) is 0 Å². The molecule has 2 aliphatic rings. The van der Waals surface area contributed by atoms with Gasteiger partial charge in [-0.3, -0.25) is 9.59 Å². The number of fused-ring (bicyclic) bond motifs is 1. The fraction of sp³-hybridized carbons (Fsp3) is 0.318. The number of para-hydroxylation sites is 1. The molecule has 7 nitrogen and oxygen atoms in total. The van der Waals surface area contributed by atoms with E-state index in [9.17, 15) is 18.8 Å². The zero-order chi connectivity index (χ0) is 21.3. The van der Waals surface area contributed by atoms with Gasteiger partial charge in [-0.05, 0) is 35.7 Å². The van der Waals surface area contributed by atoms with Crippen molar-refractivity contribution >= 4 is 29.2 Å². The summed E-state index contributed by atoms with van der Waals surface area (Å²) in [5.74, 6) is -0.808. The first-order chi connectivity index (χ1) is 14.4. The van der Waals surface area contributed by atoms with Crippen LogP contribution in [0.25, 0.3) is 0 Å². The molecule has 2 heterocycles. The number of nitrogens with one attached hydrogen (secondary N) is 2. The Balaban J connectivity index is 1.44. The molecule has 2 aliphatic heterocycles. The van der Waals surface area contributed by atoms with Gasteiger partial charge in [-0.2, -0.15) is 0 Å². The van der Waals surface area contributed by atoms with Crippen LogP contribution in [0.4, 0.5) is 20.6 Å². The fourth-order valence-electron chi connectivity index (χ4n) is 4.04. The van der Waals surface area contributed by atoms with Gasteiger partial charge in [0.15, 0.2) is 0 Å². The van der Waals surface area contributed by atoms with Crippen molar-refractivity contribution in [2.75, 3.05) is 30.8 Å². The topological polar surface area (TPSA) is 81.8 Å². The lowest BCUT2D eigenvalue weighted by Crippen LogP contribution is -2.40. The number of hydrogen-bond donors (Lipinski definition) is 2. The van der Waals surface area contributed by atoms with Crippen LogP contribution in [0.15, 0.2) is 42.5 Å². The van der Waals surface area contributed by atoms with Crippen molar-refractivity contribution in [2.24, 2.45) is 5.92 Å². The van der Waals surface area contributed by atoms with Gasteiger partial charge in [-0.25, -0.2) is 9.18 Å². The van der Waals surface area contributed by atoms with E-state index in [0.29, 0.717) is 31.7 Å². The summed E-state index contributed by atoms with van der Waals surface area (Å²) in [4.78, 5) is 40.3. The van der Waals surface area contributed by atoms with E-state index in [2.05, 4.69) is 10.6 Å². The third-order valence-electron chi connectivity index (χ3n) is 5.64. The molecular formula is C22H23FN4O3. The summed E-state index contributed by atoms with van der Waals surface area (Å²) in [6.07, 6.45) is 0.851. The summed E-state index contributed by atoms with van der Waals surface area (Å²) in [6, 6.07) is 11.0. The largest absolute Gasteiger partial charge is 0.345 e. The Morgan fingerprint density at radius 2 is 1.80 bits per heavy atom. The predicted molar refractivity (Wildman–Crippen MR) is 110 cm³/mol. The molecule has 1 fully saturated rings. The zero-order valence-electron chi connectivity index (χ0n) is 16.7. The van der Waals surface area contributed by atoms with E-state index in [1.807, 2.05) is 12.1 Å². The van der Waals surface area contributed by atoms with E-state index in [0.717, 1.165) is 11.1 Å². The normalized spacial score (nSPS) is 18.2. The molecule has 0 aromatic heterocycles. The summed E-state index contributed by atoms with van der Waals surface area (Å²) in [7, 11) is 1.71. The number of carbonyl (C=O) groups excluding carboxylic acids is 3. The number of halogens is 1. The van der Waals surface area contributed by atoms with Crippen LogP contribution in [0.1, 0.15) is 17.5 Å². The number of rotatable bonds is 3. The van der Waals surface area contributed by atoms with Crippen molar-refractivity contribution in [3.05, 3.63) is 59.4 Å². The van der Waals surface area contributed by atoms with Gasteiger partial charge in [0.2, 0.25) is 11.8 Å². The highest BCUT2D eigenvalue weighted by Gasteiger charge is 2.35. The van der Waals surface area contributed by atoms with Crippen LogP contribution in [0.5, 0.6) is 0 Å². The summed E-state index contributed by atoms with van der Waals surface area (Å²) in [5, 5.41) is 5.30. The maximum absolute atomic E-state index is 13.8. The maximum Gasteiger partial charge on any atom is 0.323 e. The third kappa shape index (κ3) is 3.98. The Kier molecular flexibility index (Phi) is 5.39. The quantitative estimate of drug-likeness (QED) is 0.817. The standard InChI is InChI=1S/C22H23FN4O3/c1-26-12-15(11-20(26)28)21(29)27-10-9-16-14(13-27)5-4-8-18(16)24-22(30)25-19-7-3-2-6-17(19)23/h2-8,15H,9-13H2,1H3,(H2,24,25,30). The van der Waals surface area contributed by atoms with Gasteiger partial charge in [0.1, 0.15) is 5.82 Å². The van der Waals surface area contributed by atoms with E-state index >= 15 is 0 Å². The summed E-state index contributed by atoms with van der Waals surface area (Å²) in [5.41, 5.74) is 2.66. The fourth-order valence-corrected chi connectivity index (χ4v) is 4.04. The minimum absolute atomic E-state index is 0.00175. The van der Waals surface area contributed by atoms with E-state index < -0.39 is 11.8 Å². The van der Waals surface area contributed by atoms with Gasteiger partial charge in [0.05, 0.1) is 11.6 Å². The molecule has 4 rings (SSSR count). The number of carbonyl (C=O) groups is 3. The van der Waals surface area contributed by atoms with Crippen LogP contribution in [0, 0.1) is 11.7 Å². The second-order valence-corrected chi connectivity index (χ2v) is 7.69. The molecule has 0 aliphatic carbocycles. The molecule has 2 aromatic carbocycles. The maximum atomic E-state index is 13.8. The van der Waals surface area contributed by atoms with E-state index in [1.165, 1.54) is 12.1 Å². The summed E-state index contributed by atoms with van der Waals surface area (Å²) >= 11 is 0. The molecule has 0 spiro atoms. The number of anilines is 2. The minimum Gasteiger partial charge on any atom is -0.345 e. The van der Waals surface area contributed by atoms with Crippen molar-refractivity contribution < 1.29 is 18.8 Å². The van der Waals surface area contributed by atoms with Crippen LogP contribution in [0.3, 0.4) is 0 Å². The molecule has 0 saturated carbocycles. The first-order valence-electron chi connectivity index (χ1n) is 9.88. The lowest BCUT2D eigenvalue weighted by molar-refractivity contribution is -0.136. The SMILES string of the molecule is CN1CC(C(=O)N2CCc3c(cccc3NC(=O)Nc3ccccc3F)C2)CC1=O. The molecule has 0 bridgehead atoms. The highest BCUT2D eigenvalue weighted by atomic mass is 19.1. The number of likely N-dealkylation sites (tertiary alicyclic amines) is 1. The second-order valence-electron chi connectivity index (χ2n) is 7.69. The van der Waals surface area contributed by atoms with Gasteiger partial charge in [-0.1, -0.05) is 24.3 Å². The summed E-state index contributed by atoms with van der Waals surface area (Å²) < 4.78 is 13.8. The third-order valence-corrected chi connectivity index (χ3v) is 5.64. The predicted octanol–water partition coefficient (Wildman–Crippen LogP) is 2.83. The smallest absolute Gasteiger partial charge is 0.323 e. The average molecular weight is 410 g/mol. The average Bonchev–Trinajstić information content (AvgIpc) is 3.07. The molecule has 156 valence electrons. The number of benzene rings is 2. The lowest BCUT2D eigenvalue weighted by atomic mass is 9.96. The molecule has 8 heteroatoms. The van der Waals surface area contributed by atoms with Crippen LogP contribution in [0.2, 0.25) is 0 Å². The Labute approximate surface area is 173 Å². The van der Waals surface area contributed by atoms with Crippen LogP contribution < -0.4 is 10.6 Å². The molecule has 4 amide bonds. The number of nitrogens with zero attached hydrogens (tertiary/aromatic N) is 2. The highest BCUT2D eigenvalue weighted by Crippen LogP contribution is 2.28. The molecule has 1 unspecified atom stereocenters. The summed E-state index contributed by atoms with van der Waals surface area (Å²) in [6.45, 7) is 1.42. The molecule has 0 radical (unpaired) electrons. The molecule has 1 atom stereocenters. The van der Waals surface area contributed by atoms with Crippen LogP contribution in [-0.4, -0.2) is 47.8 Å². The monoisotopic (exact) mass is 410 g/mol. The molecular weight excluding hydrogens is 387 g/mol. The second kappa shape index (κ2) is 8.14. The highest BCUT2D eigenvalue weighted by molar-refractivity contribution is 6.00. The van der Waals surface area contributed by atoms with Gasteiger partial charge < -0.3 is 20.4 Å². The Morgan fingerprint density at radius 1 is 1.07 bits per heavy atom. The van der Waals surface area contributed by atoms with E-state index in [4.69, 9.17) is 0 Å². The van der Waals surface area contributed by atoms with Gasteiger partial charge in [-0.15, -0.1) is 0 Å². The number of urea groups is 1. The number of amides is 4. The molecule has 2 N–H and O–H groups in total. The number of hydrogen-bond acceptors (Lipinski definition) is 3. The minimum atomic E-state index is -0.528. The van der Waals surface area contributed by atoms with Gasteiger partial charge in [0, 0.05) is 38.8 Å². The van der Waals surface area contributed by atoms with Crippen LogP contribution >= 0.6 is 0 Å². The first-order valence-corrected chi connectivity index (χ1v) is 9.88. The molecule has 1 saturated heterocycles.